The van der Waals surface area contributed by atoms with Crippen LogP contribution in [0.4, 0.5) is 17.2 Å². The minimum atomic E-state index is -0.385. The lowest BCUT2D eigenvalue weighted by Crippen LogP contribution is -2.47. The highest BCUT2D eigenvalue weighted by molar-refractivity contribution is 7.99. The molecule has 2 aromatic carbocycles. The van der Waals surface area contributed by atoms with Crippen molar-refractivity contribution in [2.24, 2.45) is 0 Å². The van der Waals surface area contributed by atoms with E-state index in [4.69, 9.17) is 11.6 Å². The van der Waals surface area contributed by atoms with Crippen LogP contribution in [0.2, 0.25) is 5.02 Å². The Morgan fingerprint density at radius 2 is 1.69 bits per heavy atom. The first-order valence-electron chi connectivity index (χ1n) is 9.09. The Morgan fingerprint density at radius 3 is 2.38 bits per heavy atom. The van der Waals surface area contributed by atoms with Crippen molar-refractivity contribution in [1.82, 2.24) is 9.97 Å². The number of benzene rings is 2. The highest BCUT2D eigenvalue weighted by Crippen LogP contribution is 2.38. The molecule has 0 amide bonds. The summed E-state index contributed by atoms with van der Waals surface area (Å²) in [5.74, 6) is 0.370. The summed E-state index contributed by atoms with van der Waals surface area (Å²) in [6.07, 6.45) is 1.40. The number of nitro groups is 1. The Balaban J connectivity index is 1.56. The van der Waals surface area contributed by atoms with Gasteiger partial charge in [0.05, 0.1) is 4.92 Å². The first-order chi connectivity index (χ1) is 14.1. The molecule has 0 radical (unpaired) electrons. The molecule has 3 aromatic rings. The maximum Gasteiger partial charge on any atom is 0.343 e. The molecule has 148 valence electrons. The average Bonchev–Trinajstić information content (AvgIpc) is 2.74. The molecule has 0 N–H and O–H groups in total. The molecule has 1 aliphatic rings. The predicted octanol–water partition coefficient (Wildman–Crippen LogP) is 4.52. The van der Waals surface area contributed by atoms with Crippen LogP contribution in [-0.4, -0.2) is 41.1 Å². The smallest absolute Gasteiger partial charge is 0.343 e. The van der Waals surface area contributed by atoms with E-state index in [9.17, 15) is 10.1 Å². The second kappa shape index (κ2) is 8.67. The monoisotopic (exact) mass is 427 g/mol. The van der Waals surface area contributed by atoms with Crippen LogP contribution in [0, 0.1) is 10.1 Å². The number of anilines is 2. The summed E-state index contributed by atoms with van der Waals surface area (Å²) < 4.78 is 0. The number of halogens is 1. The fraction of sp³-hybridized carbons (Fsp3) is 0.200. The fourth-order valence-electron chi connectivity index (χ4n) is 3.27. The Kier molecular flexibility index (Phi) is 5.82. The molecule has 0 bridgehead atoms. The first-order valence-corrected chi connectivity index (χ1v) is 10.3. The van der Waals surface area contributed by atoms with Crippen LogP contribution in [0.15, 0.2) is 70.8 Å². The van der Waals surface area contributed by atoms with Crippen LogP contribution >= 0.6 is 23.4 Å². The second-order valence-electron chi connectivity index (χ2n) is 6.48. The van der Waals surface area contributed by atoms with Gasteiger partial charge in [-0.2, -0.15) is 0 Å². The molecular formula is C20H18ClN5O2S. The van der Waals surface area contributed by atoms with Gasteiger partial charge in [-0.25, -0.2) is 9.97 Å². The van der Waals surface area contributed by atoms with E-state index in [-0.39, 0.29) is 10.6 Å². The quantitative estimate of drug-likeness (QED) is 0.336. The van der Waals surface area contributed by atoms with Crippen molar-refractivity contribution in [3.8, 4) is 0 Å². The van der Waals surface area contributed by atoms with Crippen LogP contribution in [0.5, 0.6) is 0 Å². The van der Waals surface area contributed by atoms with Gasteiger partial charge in [0.25, 0.3) is 0 Å². The van der Waals surface area contributed by atoms with Gasteiger partial charge in [-0.3, -0.25) is 10.1 Å². The maximum atomic E-state index is 11.9. The van der Waals surface area contributed by atoms with Crippen LogP contribution in [0.25, 0.3) is 0 Å². The van der Waals surface area contributed by atoms with Crippen molar-refractivity contribution in [3.63, 3.8) is 0 Å². The highest BCUT2D eigenvalue weighted by atomic mass is 35.5. The summed E-state index contributed by atoms with van der Waals surface area (Å²) >= 11 is 7.37. The Hall–Kier alpha value is -2.84. The van der Waals surface area contributed by atoms with Crippen LogP contribution in [0.1, 0.15) is 0 Å². The van der Waals surface area contributed by atoms with E-state index < -0.39 is 0 Å². The molecule has 0 spiro atoms. The predicted molar refractivity (Wildman–Crippen MR) is 115 cm³/mol. The van der Waals surface area contributed by atoms with Gasteiger partial charge >= 0.3 is 5.69 Å². The van der Waals surface area contributed by atoms with Crippen LogP contribution < -0.4 is 9.80 Å². The Morgan fingerprint density at radius 1 is 0.966 bits per heavy atom. The third-order valence-electron chi connectivity index (χ3n) is 4.66. The number of aromatic nitrogens is 2. The largest absolute Gasteiger partial charge is 0.368 e. The van der Waals surface area contributed by atoms with Gasteiger partial charge in [-0.1, -0.05) is 47.6 Å². The van der Waals surface area contributed by atoms with E-state index >= 15 is 0 Å². The zero-order chi connectivity index (χ0) is 20.2. The van der Waals surface area contributed by atoms with Crippen molar-refractivity contribution in [2.45, 2.75) is 9.92 Å². The molecule has 1 fully saturated rings. The molecule has 0 aliphatic carbocycles. The van der Waals surface area contributed by atoms with Gasteiger partial charge in [0.2, 0.25) is 5.82 Å². The summed E-state index contributed by atoms with van der Waals surface area (Å²) in [4.78, 5) is 25.0. The molecule has 7 nitrogen and oxygen atoms in total. The van der Waals surface area contributed by atoms with Gasteiger partial charge in [0, 0.05) is 41.8 Å². The minimum Gasteiger partial charge on any atom is -0.368 e. The zero-order valence-corrected chi connectivity index (χ0v) is 17.0. The molecule has 4 rings (SSSR count). The molecule has 9 heteroatoms. The Labute approximate surface area is 177 Å². The number of nitrogens with zero attached hydrogens (tertiary/aromatic N) is 5. The maximum absolute atomic E-state index is 11.9. The van der Waals surface area contributed by atoms with Gasteiger partial charge in [0.15, 0.2) is 5.03 Å². The number of hydrogen-bond donors (Lipinski definition) is 0. The summed E-state index contributed by atoms with van der Waals surface area (Å²) in [5, 5.41) is 12.9. The van der Waals surface area contributed by atoms with Gasteiger partial charge in [-0.15, -0.1) is 0 Å². The molecular weight excluding hydrogens is 410 g/mol. The van der Waals surface area contributed by atoms with Crippen molar-refractivity contribution < 1.29 is 4.92 Å². The second-order valence-corrected chi connectivity index (χ2v) is 7.98. The lowest BCUT2D eigenvalue weighted by atomic mass is 10.2. The molecule has 1 aliphatic heterocycles. The van der Waals surface area contributed by atoms with Crippen LogP contribution in [0.3, 0.4) is 0 Å². The molecule has 1 aromatic heterocycles. The van der Waals surface area contributed by atoms with Crippen molar-refractivity contribution >= 4 is 40.6 Å². The van der Waals surface area contributed by atoms with Crippen molar-refractivity contribution in [3.05, 3.63) is 76.1 Å². The fourth-order valence-corrected chi connectivity index (χ4v) is 4.33. The zero-order valence-electron chi connectivity index (χ0n) is 15.4. The van der Waals surface area contributed by atoms with E-state index in [2.05, 4.69) is 14.9 Å². The lowest BCUT2D eigenvalue weighted by Gasteiger charge is -2.36. The first kappa shape index (κ1) is 19.5. The standard InChI is InChI=1S/C20H18ClN5O2S/c21-15-5-4-6-16(13-15)24-9-11-25(12-10-24)19-18(26(27)28)20(23-14-22-19)29-17-7-2-1-3-8-17/h1-8,13-14H,9-12H2. The summed E-state index contributed by atoms with van der Waals surface area (Å²) in [6.45, 7) is 2.70. The summed E-state index contributed by atoms with van der Waals surface area (Å²) in [5.41, 5.74) is 1.01. The normalized spacial score (nSPS) is 14.1. The number of rotatable bonds is 5. The van der Waals surface area contributed by atoms with E-state index in [1.165, 1.54) is 18.1 Å². The lowest BCUT2D eigenvalue weighted by molar-refractivity contribution is -0.387. The number of piperazine rings is 1. The third kappa shape index (κ3) is 4.44. The van der Waals surface area contributed by atoms with Gasteiger partial charge < -0.3 is 9.80 Å². The molecule has 0 unspecified atom stereocenters. The highest BCUT2D eigenvalue weighted by Gasteiger charge is 2.29. The van der Waals surface area contributed by atoms with Crippen molar-refractivity contribution in [1.29, 1.82) is 0 Å². The topological polar surface area (TPSA) is 75.4 Å². The van der Waals surface area contributed by atoms with Crippen LogP contribution in [-0.2, 0) is 0 Å². The van der Waals surface area contributed by atoms with E-state index in [0.717, 1.165) is 23.7 Å². The SMILES string of the molecule is O=[N+]([O-])c1c(Sc2ccccc2)ncnc1N1CCN(c2cccc(Cl)c2)CC1. The molecule has 0 saturated carbocycles. The molecule has 29 heavy (non-hydrogen) atoms. The van der Waals surface area contributed by atoms with Gasteiger partial charge in [0.1, 0.15) is 6.33 Å². The molecule has 1 saturated heterocycles. The minimum absolute atomic E-state index is 0.0439. The average molecular weight is 428 g/mol. The van der Waals surface area contributed by atoms with Crippen molar-refractivity contribution in [2.75, 3.05) is 36.0 Å². The van der Waals surface area contributed by atoms with E-state index in [0.29, 0.717) is 29.0 Å². The molecule has 0 atom stereocenters. The number of hydrogen-bond acceptors (Lipinski definition) is 7. The summed E-state index contributed by atoms with van der Waals surface area (Å²) in [6, 6.07) is 17.2. The van der Waals surface area contributed by atoms with E-state index in [1.807, 2.05) is 59.5 Å². The third-order valence-corrected chi connectivity index (χ3v) is 5.90. The van der Waals surface area contributed by atoms with Gasteiger partial charge in [-0.05, 0) is 30.3 Å². The molecule has 2 heterocycles. The summed E-state index contributed by atoms with van der Waals surface area (Å²) in [7, 11) is 0. The Bertz CT molecular complexity index is 1010. The van der Waals surface area contributed by atoms with E-state index in [1.54, 1.807) is 0 Å².